The van der Waals surface area contributed by atoms with Gasteiger partial charge in [0, 0.05) is 30.9 Å². The summed E-state index contributed by atoms with van der Waals surface area (Å²) in [5.74, 6) is 0. The van der Waals surface area contributed by atoms with Crippen LogP contribution >= 0.6 is 0 Å². The van der Waals surface area contributed by atoms with Crippen LogP contribution in [0.5, 0.6) is 0 Å². The lowest BCUT2D eigenvalue weighted by molar-refractivity contribution is -0.746. The molecule has 0 saturated carbocycles. The maximum atomic E-state index is 2.28. The summed E-state index contributed by atoms with van der Waals surface area (Å²) >= 11 is 0. The number of aromatic nitrogens is 1. The smallest absolute Gasteiger partial charge is 0.187 e. The molecule has 0 spiro atoms. The molecular weight excluding hydrogens is 230 g/mol. The summed E-state index contributed by atoms with van der Waals surface area (Å²) in [6.45, 7) is 4.49. The Kier molecular flexibility index (Phi) is 2.83. The van der Waals surface area contributed by atoms with E-state index in [1.54, 1.807) is 0 Å². The van der Waals surface area contributed by atoms with Crippen molar-refractivity contribution in [2.75, 3.05) is 0 Å². The average Bonchev–Trinajstić information content (AvgIpc) is 2.47. The summed E-state index contributed by atoms with van der Waals surface area (Å²) in [7, 11) is 0. The minimum Gasteiger partial charge on any atom is -0.195 e. The van der Waals surface area contributed by atoms with E-state index in [1.165, 1.54) is 16.3 Å². The van der Waals surface area contributed by atoms with Crippen molar-refractivity contribution < 1.29 is 4.57 Å². The predicted octanol–water partition coefficient (Wildman–Crippen LogP) is 3.91. The normalized spacial score (nSPS) is 11.7. The largest absolute Gasteiger partial charge is 0.195 e. The Hall–Kier alpha value is -2.15. The molecule has 3 aromatic rings. The fourth-order valence-electron chi connectivity index (χ4n) is 2.48. The quantitative estimate of drug-likeness (QED) is 0.605. The highest BCUT2D eigenvalue weighted by molar-refractivity contribution is 5.80. The van der Waals surface area contributed by atoms with Crippen LogP contribution in [0.1, 0.15) is 19.4 Å². The topological polar surface area (TPSA) is 3.88 Å². The standard InChI is InChI=1S/C18H18N/c1-18(2,17-10-4-3-5-11-17)19-13-12-15-8-6-7-9-16(15)14-19/h3-14H,1-2H3/q+1. The summed E-state index contributed by atoms with van der Waals surface area (Å²) in [5, 5.41) is 2.55. The summed E-state index contributed by atoms with van der Waals surface area (Å²) in [4.78, 5) is 0. The first kappa shape index (κ1) is 11.9. The number of nitrogens with zero attached hydrogens (tertiary/aromatic N) is 1. The third-order valence-corrected chi connectivity index (χ3v) is 3.81. The highest BCUT2D eigenvalue weighted by Gasteiger charge is 2.30. The van der Waals surface area contributed by atoms with Gasteiger partial charge in [0.15, 0.2) is 17.9 Å². The van der Waals surface area contributed by atoms with Crippen LogP contribution in [-0.2, 0) is 5.54 Å². The van der Waals surface area contributed by atoms with E-state index in [-0.39, 0.29) is 5.54 Å². The molecule has 1 heterocycles. The third kappa shape index (κ3) is 2.12. The second-order valence-corrected chi connectivity index (χ2v) is 5.41. The number of benzene rings is 2. The van der Waals surface area contributed by atoms with Crippen LogP contribution in [0.15, 0.2) is 73.1 Å². The summed E-state index contributed by atoms with van der Waals surface area (Å²) in [6, 6.07) is 21.3. The maximum Gasteiger partial charge on any atom is 0.187 e. The SMILES string of the molecule is CC(C)(c1ccccc1)[n+]1ccc2ccccc2c1. The van der Waals surface area contributed by atoms with Crippen molar-refractivity contribution in [3.8, 4) is 0 Å². The molecule has 0 fully saturated rings. The number of hydrogen-bond acceptors (Lipinski definition) is 0. The van der Waals surface area contributed by atoms with Gasteiger partial charge in [0.05, 0.1) is 0 Å². The maximum absolute atomic E-state index is 2.28. The van der Waals surface area contributed by atoms with Gasteiger partial charge in [-0.1, -0.05) is 48.5 Å². The molecule has 1 nitrogen and oxygen atoms in total. The Morgan fingerprint density at radius 3 is 2.11 bits per heavy atom. The lowest BCUT2D eigenvalue weighted by Gasteiger charge is -2.20. The van der Waals surface area contributed by atoms with E-state index in [0.29, 0.717) is 0 Å². The Balaban J connectivity index is 2.13. The molecule has 1 aromatic heterocycles. The molecule has 0 aliphatic carbocycles. The zero-order valence-electron chi connectivity index (χ0n) is 11.4. The van der Waals surface area contributed by atoms with Gasteiger partial charge in [-0.2, -0.15) is 4.57 Å². The lowest BCUT2D eigenvalue weighted by atomic mass is 9.93. The van der Waals surface area contributed by atoms with E-state index in [0.717, 1.165) is 0 Å². The molecule has 0 atom stereocenters. The van der Waals surface area contributed by atoms with Crippen LogP contribution in [0, 0.1) is 0 Å². The van der Waals surface area contributed by atoms with Crippen molar-refractivity contribution in [3.05, 3.63) is 78.6 Å². The molecule has 19 heavy (non-hydrogen) atoms. The Labute approximate surface area is 114 Å². The number of fused-ring (bicyclic) bond motifs is 1. The van der Waals surface area contributed by atoms with Crippen LogP contribution in [0.4, 0.5) is 0 Å². The molecule has 0 unspecified atom stereocenters. The van der Waals surface area contributed by atoms with Gasteiger partial charge in [0.2, 0.25) is 0 Å². The minimum absolute atomic E-state index is 0.0503. The van der Waals surface area contributed by atoms with E-state index in [9.17, 15) is 0 Å². The summed E-state index contributed by atoms with van der Waals surface area (Å²) in [5.41, 5.74) is 1.26. The average molecular weight is 248 g/mol. The molecular formula is C18H18N+. The molecule has 0 amide bonds. The van der Waals surface area contributed by atoms with Crippen LogP contribution in [0.2, 0.25) is 0 Å². The van der Waals surface area contributed by atoms with Crippen LogP contribution < -0.4 is 4.57 Å². The van der Waals surface area contributed by atoms with Gasteiger partial charge in [0.25, 0.3) is 0 Å². The molecule has 1 heteroatoms. The highest BCUT2D eigenvalue weighted by atomic mass is 15.0. The van der Waals surface area contributed by atoms with E-state index >= 15 is 0 Å². The first-order chi connectivity index (χ1) is 9.18. The molecule has 0 N–H and O–H groups in total. The van der Waals surface area contributed by atoms with Gasteiger partial charge >= 0.3 is 0 Å². The zero-order valence-corrected chi connectivity index (χ0v) is 11.4. The highest BCUT2D eigenvalue weighted by Crippen LogP contribution is 2.20. The lowest BCUT2D eigenvalue weighted by Crippen LogP contribution is -2.52. The van der Waals surface area contributed by atoms with E-state index < -0.39 is 0 Å². The number of pyridine rings is 1. The second kappa shape index (κ2) is 4.51. The number of hydrogen-bond donors (Lipinski definition) is 0. The predicted molar refractivity (Wildman–Crippen MR) is 79.0 cm³/mol. The molecule has 2 aromatic carbocycles. The van der Waals surface area contributed by atoms with E-state index in [4.69, 9.17) is 0 Å². The minimum atomic E-state index is -0.0503. The first-order valence-corrected chi connectivity index (χ1v) is 6.64. The Morgan fingerprint density at radius 1 is 0.737 bits per heavy atom. The van der Waals surface area contributed by atoms with Crippen molar-refractivity contribution in [1.82, 2.24) is 0 Å². The van der Waals surface area contributed by atoms with Gasteiger partial charge in [-0.15, -0.1) is 0 Å². The number of rotatable bonds is 2. The van der Waals surface area contributed by atoms with Crippen LogP contribution in [0.3, 0.4) is 0 Å². The van der Waals surface area contributed by atoms with Crippen LogP contribution in [-0.4, -0.2) is 0 Å². The third-order valence-electron chi connectivity index (χ3n) is 3.81. The molecule has 0 radical (unpaired) electrons. The monoisotopic (exact) mass is 248 g/mol. The van der Waals surface area contributed by atoms with Gasteiger partial charge < -0.3 is 0 Å². The summed E-state index contributed by atoms with van der Waals surface area (Å²) < 4.78 is 2.28. The molecule has 0 saturated heterocycles. The fraction of sp³-hybridized carbons (Fsp3) is 0.167. The first-order valence-electron chi connectivity index (χ1n) is 6.64. The van der Waals surface area contributed by atoms with Gasteiger partial charge in [0.1, 0.15) is 0 Å². The second-order valence-electron chi connectivity index (χ2n) is 5.41. The van der Waals surface area contributed by atoms with Crippen molar-refractivity contribution in [2.45, 2.75) is 19.4 Å². The molecule has 3 rings (SSSR count). The van der Waals surface area contributed by atoms with E-state index in [1.807, 2.05) is 0 Å². The van der Waals surface area contributed by atoms with Crippen molar-refractivity contribution in [2.24, 2.45) is 0 Å². The van der Waals surface area contributed by atoms with Gasteiger partial charge in [-0.3, -0.25) is 0 Å². The summed E-state index contributed by atoms with van der Waals surface area (Å²) in [6.07, 6.45) is 4.39. The van der Waals surface area contributed by atoms with Crippen molar-refractivity contribution >= 4 is 10.8 Å². The Bertz CT molecular complexity index is 699. The Morgan fingerprint density at radius 2 is 1.37 bits per heavy atom. The molecule has 0 aliphatic rings. The van der Waals surface area contributed by atoms with E-state index in [2.05, 4.69) is 91.5 Å². The molecule has 0 bridgehead atoms. The zero-order chi connectivity index (χ0) is 13.3. The molecule has 0 aliphatic heterocycles. The van der Waals surface area contributed by atoms with Crippen molar-refractivity contribution in [1.29, 1.82) is 0 Å². The van der Waals surface area contributed by atoms with Gasteiger partial charge in [-0.05, 0) is 11.5 Å². The molecule has 94 valence electrons. The van der Waals surface area contributed by atoms with Gasteiger partial charge in [-0.25, -0.2) is 0 Å². The van der Waals surface area contributed by atoms with Crippen LogP contribution in [0.25, 0.3) is 10.8 Å². The fourth-order valence-corrected chi connectivity index (χ4v) is 2.48. The van der Waals surface area contributed by atoms with Crippen molar-refractivity contribution in [3.63, 3.8) is 0 Å².